The summed E-state index contributed by atoms with van der Waals surface area (Å²) in [5.74, 6) is -3.91. The Hall–Kier alpha value is -3.55. The normalized spacial score (nSPS) is 12.9. The van der Waals surface area contributed by atoms with E-state index in [1.807, 2.05) is 24.3 Å². The molecule has 0 fully saturated rings. The second-order valence-electron chi connectivity index (χ2n) is 6.47. The molecule has 34 heavy (non-hydrogen) atoms. The largest absolute Gasteiger partial charge is 0.497 e. The minimum atomic E-state index is -5.08. The second kappa shape index (κ2) is 12.1. The lowest BCUT2D eigenvalue weighted by Crippen LogP contribution is -2.21. The molecule has 8 nitrogen and oxygen atoms in total. The molecule has 0 aliphatic carbocycles. The van der Waals surface area contributed by atoms with Gasteiger partial charge in [0.25, 0.3) is 0 Å². The van der Waals surface area contributed by atoms with Gasteiger partial charge in [0.2, 0.25) is 5.88 Å². The van der Waals surface area contributed by atoms with Crippen LogP contribution < -0.4 is 14.8 Å². The van der Waals surface area contributed by atoms with Crippen LogP contribution in [0, 0.1) is 6.92 Å². The van der Waals surface area contributed by atoms with Crippen LogP contribution in [0.4, 0.5) is 26.3 Å². The summed E-state index contributed by atoms with van der Waals surface area (Å²) < 4.78 is 74.4. The Morgan fingerprint density at radius 3 is 2.06 bits per heavy atom. The summed E-state index contributed by atoms with van der Waals surface area (Å²) in [6.45, 7) is 4.39. The van der Waals surface area contributed by atoms with E-state index in [0.717, 1.165) is 47.1 Å². The molecule has 1 aliphatic rings. The fourth-order valence-corrected chi connectivity index (χ4v) is 2.37. The predicted octanol–water partition coefficient (Wildman–Crippen LogP) is 3.81. The van der Waals surface area contributed by atoms with Crippen molar-refractivity contribution >= 4 is 11.9 Å². The summed E-state index contributed by atoms with van der Waals surface area (Å²) in [6, 6.07) is 10.1. The number of aliphatic carboxylic acids is 2. The van der Waals surface area contributed by atoms with Crippen molar-refractivity contribution in [1.29, 1.82) is 0 Å². The van der Waals surface area contributed by atoms with Gasteiger partial charge in [0, 0.05) is 24.2 Å². The fraction of sp³-hybridized carbons (Fsp3) is 0.350. The number of pyridine rings is 1. The van der Waals surface area contributed by atoms with Crippen molar-refractivity contribution in [3.05, 3.63) is 41.5 Å². The third kappa shape index (κ3) is 9.13. The molecule has 14 heteroatoms. The van der Waals surface area contributed by atoms with Crippen molar-refractivity contribution in [3.8, 4) is 22.9 Å². The van der Waals surface area contributed by atoms with Crippen LogP contribution in [0.2, 0.25) is 0 Å². The Bertz CT molecular complexity index is 970. The van der Waals surface area contributed by atoms with E-state index in [4.69, 9.17) is 29.3 Å². The van der Waals surface area contributed by atoms with E-state index in [-0.39, 0.29) is 0 Å². The van der Waals surface area contributed by atoms with Crippen LogP contribution in [-0.2, 0) is 16.1 Å². The molecular formula is C20H20F6N2O6. The number of carbonyl (C=O) groups is 2. The lowest BCUT2D eigenvalue weighted by Gasteiger charge is -2.11. The number of fused-ring (bicyclic) bond motifs is 1. The molecule has 3 N–H and O–H groups in total. The van der Waals surface area contributed by atoms with Crippen LogP contribution in [0.5, 0.6) is 11.6 Å². The van der Waals surface area contributed by atoms with E-state index < -0.39 is 24.3 Å². The molecule has 0 atom stereocenters. The first-order valence-corrected chi connectivity index (χ1v) is 9.25. The Morgan fingerprint density at radius 2 is 1.59 bits per heavy atom. The number of aryl methyl sites for hydroxylation is 1. The number of benzene rings is 1. The molecule has 0 bridgehead atoms. The number of halogens is 6. The van der Waals surface area contributed by atoms with Crippen LogP contribution in [0.15, 0.2) is 30.3 Å². The van der Waals surface area contributed by atoms with E-state index in [1.54, 1.807) is 7.11 Å². The predicted molar refractivity (Wildman–Crippen MR) is 106 cm³/mol. The van der Waals surface area contributed by atoms with Gasteiger partial charge in [-0.15, -0.1) is 0 Å². The van der Waals surface area contributed by atoms with E-state index >= 15 is 0 Å². The minimum Gasteiger partial charge on any atom is -0.497 e. The molecule has 2 heterocycles. The quantitative estimate of drug-likeness (QED) is 0.535. The van der Waals surface area contributed by atoms with E-state index in [9.17, 15) is 26.3 Å². The van der Waals surface area contributed by atoms with Crippen LogP contribution in [0.3, 0.4) is 0 Å². The molecule has 0 saturated heterocycles. The lowest BCUT2D eigenvalue weighted by atomic mass is 10.0. The zero-order chi connectivity index (χ0) is 26.1. The number of rotatable bonds is 2. The van der Waals surface area contributed by atoms with Crippen molar-refractivity contribution < 1.29 is 55.6 Å². The van der Waals surface area contributed by atoms with E-state index in [2.05, 4.69) is 23.3 Å². The average Bonchev–Trinajstić information content (AvgIpc) is 2.98. The van der Waals surface area contributed by atoms with Gasteiger partial charge < -0.3 is 25.0 Å². The Balaban J connectivity index is 0.000000343. The summed E-state index contributed by atoms with van der Waals surface area (Å²) >= 11 is 0. The first-order valence-electron chi connectivity index (χ1n) is 9.25. The van der Waals surface area contributed by atoms with Crippen LogP contribution in [0.25, 0.3) is 11.3 Å². The number of carboxylic acid groups (broad SMARTS) is 2. The van der Waals surface area contributed by atoms with Gasteiger partial charge in [-0.25, -0.2) is 14.6 Å². The highest BCUT2D eigenvalue weighted by Gasteiger charge is 2.38. The molecule has 1 aliphatic heterocycles. The Morgan fingerprint density at radius 1 is 1.03 bits per heavy atom. The fourth-order valence-electron chi connectivity index (χ4n) is 2.37. The molecule has 0 radical (unpaired) electrons. The summed E-state index contributed by atoms with van der Waals surface area (Å²) in [4.78, 5) is 22.4. The van der Waals surface area contributed by atoms with Gasteiger partial charge in [-0.1, -0.05) is 6.07 Å². The van der Waals surface area contributed by atoms with Gasteiger partial charge in [-0.05, 0) is 36.8 Å². The SMILES string of the molecule is COc1ccc(-c2ccc3c(n2)OCCNC3)c(C)c1.O=C(O)C(F)(F)F.O=C(O)C(F)(F)F. The molecule has 188 valence electrons. The van der Waals surface area contributed by atoms with Crippen LogP contribution in [0.1, 0.15) is 11.1 Å². The van der Waals surface area contributed by atoms with Crippen LogP contribution in [-0.4, -0.2) is 59.7 Å². The lowest BCUT2D eigenvalue weighted by molar-refractivity contribution is -0.193. The maximum atomic E-state index is 10.6. The number of alkyl halides is 6. The van der Waals surface area contributed by atoms with Gasteiger partial charge in [0.1, 0.15) is 12.4 Å². The number of nitrogens with one attached hydrogen (secondary N) is 1. The molecule has 3 rings (SSSR count). The molecule has 0 spiro atoms. The standard InChI is InChI=1S/C16H18N2O2.2C2HF3O2/c1-11-9-13(19-2)4-5-14(11)15-6-3-12-10-17-7-8-20-16(12)18-15;2*3-2(4,5)1(6)7/h3-6,9,17H,7-8,10H2,1-2H3;2*(H,6,7). The number of ether oxygens (including phenoxy) is 2. The van der Waals surface area contributed by atoms with Crippen molar-refractivity contribution in [2.75, 3.05) is 20.3 Å². The first-order chi connectivity index (χ1) is 15.7. The van der Waals surface area contributed by atoms with Crippen molar-refractivity contribution in [1.82, 2.24) is 10.3 Å². The number of hydrogen-bond donors (Lipinski definition) is 3. The van der Waals surface area contributed by atoms with Crippen molar-refractivity contribution in [2.24, 2.45) is 0 Å². The smallest absolute Gasteiger partial charge is 0.490 e. The van der Waals surface area contributed by atoms with Crippen LogP contribution >= 0.6 is 0 Å². The third-order valence-corrected chi connectivity index (χ3v) is 3.97. The monoisotopic (exact) mass is 498 g/mol. The molecular weight excluding hydrogens is 478 g/mol. The zero-order valence-electron chi connectivity index (χ0n) is 17.8. The van der Waals surface area contributed by atoms with Gasteiger partial charge >= 0.3 is 24.3 Å². The molecule has 0 saturated carbocycles. The topological polar surface area (TPSA) is 118 Å². The van der Waals surface area contributed by atoms with Gasteiger partial charge in [0.15, 0.2) is 0 Å². The third-order valence-electron chi connectivity index (χ3n) is 3.97. The van der Waals surface area contributed by atoms with Crippen molar-refractivity contribution in [2.45, 2.75) is 25.8 Å². The average molecular weight is 498 g/mol. The number of carboxylic acids is 2. The van der Waals surface area contributed by atoms with Gasteiger partial charge in [0.05, 0.1) is 12.8 Å². The number of methoxy groups -OCH3 is 1. The van der Waals surface area contributed by atoms with Gasteiger partial charge in [-0.3, -0.25) is 0 Å². The van der Waals surface area contributed by atoms with E-state index in [1.165, 1.54) is 0 Å². The maximum absolute atomic E-state index is 10.6. The molecule has 0 unspecified atom stereocenters. The molecule has 1 aromatic carbocycles. The minimum absolute atomic E-state index is 0.658. The summed E-state index contributed by atoms with van der Waals surface area (Å²) in [6.07, 6.45) is -10.2. The Kier molecular flexibility index (Phi) is 10.1. The summed E-state index contributed by atoms with van der Waals surface area (Å²) in [7, 11) is 1.68. The highest BCUT2D eigenvalue weighted by atomic mass is 19.4. The summed E-state index contributed by atoms with van der Waals surface area (Å²) in [5, 5.41) is 17.6. The van der Waals surface area contributed by atoms with Crippen molar-refractivity contribution in [3.63, 3.8) is 0 Å². The first kappa shape index (κ1) is 28.5. The highest BCUT2D eigenvalue weighted by molar-refractivity contribution is 5.73. The number of nitrogens with zero attached hydrogens (tertiary/aromatic N) is 1. The maximum Gasteiger partial charge on any atom is 0.490 e. The van der Waals surface area contributed by atoms with E-state index in [0.29, 0.717) is 6.61 Å². The molecule has 1 aromatic heterocycles. The van der Waals surface area contributed by atoms with Gasteiger partial charge in [-0.2, -0.15) is 26.3 Å². The second-order valence-corrected chi connectivity index (χ2v) is 6.47. The summed E-state index contributed by atoms with van der Waals surface area (Å²) in [5.41, 5.74) is 4.29. The number of hydrogen-bond acceptors (Lipinski definition) is 6. The number of aromatic nitrogens is 1. The molecule has 2 aromatic rings. The Labute approximate surface area is 189 Å². The highest BCUT2D eigenvalue weighted by Crippen LogP contribution is 2.28. The zero-order valence-corrected chi connectivity index (χ0v) is 17.8. The molecule has 0 amide bonds.